The summed E-state index contributed by atoms with van der Waals surface area (Å²) in [5.41, 5.74) is 2.30. The molecule has 0 aromatic carbocycles. The van der Waals surface area contributed by atoms with Gasteiger partial charge in [0.25, 0.3) is 0 Å². The van der Waals surface area contributed by atoms with Crippen molar-refractivity contribution in [2.24, 2.45) is 0 Å². The third-order valence-corrected chi connectivity index (χ3v) is 3.00. The van der Waals surface area contributed by atoms with Gasteiger partial charge in [0.05, 0.1) is 5.60 Å². The number of nitrogens with one attached hydrogen (secondary N) is 1. The average molecular weight is 236 g/mol. The van der Waals surface area contributed by atoms with Crippen LogP contribution in [-0.4, -0.2) is 24.2 Å². The van der Waals surface area contributed by atoms with Crippen LogP contribution in [0.4, 0.5) is 0 Å². The highest BCUT2D eigenvalue weighted by atomic mass is 16.5. The molecule has 0 radical (unpaired) electrons. The van der Waals surface area contributed by atoms with Crippen LogP contribution in [0.15, 0.2) is 18.5 Å². The van der Waals surface area contributed by atoms with E-state index in [1.807, 2.05) is 12.4 Å². The van der Waals surface area contributed by atoms with Crippen molar-refractivity contribution in [3.63, 3.8) is 0 Å². The zero-order valence-electron chi connectivity index (χ0n) is 11.6. The topological polar surface area (TPSA) is 34.1 Å². The van der Waals surface area contributed by atoms with Crippen molar-refractivity contribution >= 4 is 0 Å². The van der Waals surface area contributed by atoms with Gasteiger partial charge in [-0.05, 0) is 44.9 Å². The predicted octanol–water partition coefficient (Wildman–Crippen LogP) is 2.86. The Labute approximate surface area is 105 Å². The lowest BCUT2D eigenvalue weighted by Gasteiger charge is -2.29. The normalized spacial score (nSPS) is 13.7. The Bertz CT molecular complexity index is 350. The number of hydrogen-bond acceptors (Lipinski definition) is 3. The van der Waals surface area contributed by atoms with E-state index < -0.39 is 0 Å². The van der Waals surface area contributed by atoms with Gasteiger partial charge < -0.3 is 10.1 Å². The summed E-state index contributed by atoms with van der Waals surface area (Å²) in [6.45, 7) is 9.36. The molecule has 1 unspecified atom stereocenters. The minimum Gasteiger partial charge on any atom is -0.379 e. The van der Waals surface area contributed by atoms with Gasteiger partial charge in [-0.25, -0.2) is 0 Å². The van der Waals surface area contributed by atoms with E-state index in [1.165, 1.54) is 11.1 Å². The van der Waals surface area contributed by atoms with Crippen LogP contribution in [0, 0.1) is 6.92 Å². The van der Waals surface area contributed by atoms with Crippen LogP contribution in [0.2, 0.25) is 0 Å². The summed E-state index contributed by atoms with van der Waals surface area (Å²) in [5, 5.41) is 3.50. The molecule has 1 rings (SSSR count). The van der Waals surface area contributed by atoms with E-state index in [0.717, 1.165) is 13.0 Å². The standard InChI is InChI=1S/C14H24N2O/c1-6-16-13(8-14(3,4)17-5)12-7-11(2)9-15-10-12/h7,9-10,13,16H,6,8H2,1-5H3. The van der Waals surface area contributed by atoms with Crippen LogP contribution < -0.4 is 5.32 Å². The largest absolute Gasteiger partial charge is 0.379 e. The van der Waals surface area contributed by atoms with E-state index in [2.05, 4.69) is 44.1 Å². The quantitative estimate of drug-likeness (QED) is 0.824. The van der Waals surface area contributed by atoms with Crippen LogP contribution in [0.5, 0.6) is 0 Å². The Balaban J connectivity index is 2.85. The van der Waals surface area contributed by atoms with Crippen molar-refractivity contribution in [3.05, 3.63) is 29.6 Å². The van der Waals surface area contributed by atoms with Crippen LogP contribution in [0.25, 0.3) is 0 Å². The zero-order chi connectivity index (χ0) is 12.9. The maximum atomic E-state index is 5.51. The monoisotopic (exact) mass is 236 g/mol. The van der Waals surface area contributed by atoms with E-state index >= 15 is 0 Å². The first-order chi connectivity index (χ1) is 7.98. The minimum atomic E-state index is -0.128. The van der Waals surface area contributed by atoms with Gasteiger partial charge in [-0.2, -0.15) is 0 Å². The number of hydrogen-bond donors (Lipinski definition) is 1. The molecule has 0 fully saturated rings. The highest BCUT2D eigenvalue weighted by Gasteiger charge is 2.23. The molecular formula is C14H24N2O. The van der Waals surface area contributed by atoms with Gasteiger partial charge in [0.2, 0.25) is 0 Å². The Hall–Kier alpha value is -0.930. The smallest absolute Gasteiger partial charge is 0.0640 e. The fourth-order valence-electron chi connectivity index (χ4n) is 1.90. The Morgan fingerprint density at radius 1 is 1.41 bits per heavy atom. The van der Waals surface area contributed by atoms with Gasteiger partial charge in [0, 0.05) is 25.5 Å². The molecule has 0 saturated heterocycles. The third kappa shape index (κ3) is 4.44. The molecule has 0 bridgehead atoms. The Morgan fingerprint density at radius 2 is 2.12 bits per heavy atom. The molecular weight excluding hydrogens is 212 g/mol. The number of aryl methyl sites for hydroxylation is 1. The fourth-order valence-corrected chi connectivity index (χ4v) is 1.90. The number of aromatic nitrogens is 1. The van der Waals surface area contributed by atoms with Crippen molar-refractivity contribution in [3.8, 4) is 0 Å². The highest BCUT2D eigenvalue weighted by molar-refractivity contribution is 5.20. The summed E-state index contributed by atoms with van der Waals surface area (Å²) in [6, 6.07) is 2.48. The summed E-state index contributed by atoms with van der Waals surface area (Å²) < 4.78 is 5.51. The second-order valence-electron chi connectivity index (χ2n) is 5.07. The zero-order valence-corrected chi connectivity index (χ0v) is 11.6. The first kappa shape index (κ1) is 14.1. The maximum absolute atomic E-state index is 5.51. The van der Waals surface area contributed by atoms with Gasteiger partial charge >= 0.3 is 0 Å². The second-order valence-corrected chi connectivity index (χ2v) is 5.07. The molecule has 0 aliphatic heterocycles. The molecule has 1 aromatic rings. The molecule has 0 aliphatic carbocycles. The molecule has 0 spiro atoms. The summed E-state index contributed by atoms with van der Waals surface area (Å²) >= 11 is 0. The molecule has 1 heterocycles. The van der Waals surface area contributed by atoms with E-state index in [9.17, 15) is 0 Å². The van der Waals surface area contributed by atoms with Crippen LogP contribution in [0.1, 0.15) is 44.4 Å². The van der Waals surface area contributed by atoms with Crippen molar-refractivity contribution < 1.29 is 4.74 Å². The summed E-state index contributed by atoms with van der Waals surface area (Å²) in [4.78, 5) is 4.26. The molecule has 3 heteroatoms. The van der Waals surface area contributed by atoms with Gasteiger partial charge in [0.1, 0.15) is 0 Å². The van der Waals surface area contributed by atoms with E-state index in [4.69, 9.17) is 4.74 Å². The lowest BCUT2D eigenvalue weighted by molar-refractivity contribution is 0.00694. The molecule has 0 amide bonds. The average Bonchev–Trinajstić information content (AvgIpc) is 2.28. The highest BCUT2D eigenvalue weighted by Crippen LogP contribution is 2.25. The fraction of sp³-hybridized carbons (Fsp3) is 0.643. The number of rotatable bonds is 6. The van der Waals surface area contributed by atoms with E-state index in [-0.39, 0.29) is 5.60 Å². The Morgan fingerprint density at radius 3 is 2.65 bits per heavy atom. The molecule has 1 atom stereocenters. The second kappa shape index (κ2) is 6.12. The van der Waals surface area contributed by atoms with Crippen molar-refractivity contribution in [2.75, 3.05) is 13.7 Å². The summed E-state index contributed by atoms with van der Waals surface area (Å²) in [6.07, 6.45) is 4.75. The van der Waals surface area contributed by atoms with Gasteiger partial charge in [-0.1, -0.05) is 13.0 Å². The molecule has 96 valence electrons. The molecule has 0 aliphatic rings. The Kier molecular flexibility index (Phi) is 5.09. The third-order valence-electron chi connectivity index (χ3n) is 3.00. The summed E-state index contributed by atoms with van der Waals surface area (Å²) in [5.74, 6) is 0. The molecule has 3 nitrogen and oxygen atoms in total. The summed E-state index contributed by atoms with van der Waals surface area (Å²) in [7, 11) is 1.76. The van der Waals surface area contributed by atoms with Crippen molar-refractivity contribution in [1.29, 1.82) is 0 Å². The molecule has 0 saturated carbocycles. The van der Waals surface area contributed by atoms with Crippen LogP contribution in [-0.2, 0) is 4.74 Å². The molecule has 1 N–H and O–H groups in total. The van der Waals surface area contributed by atoms with E-state index in [0.29, 0.717) is 6.04 Å². The molecule has 17 heavy (non-hydrogen) atoms. The van der Waals surface area contributed by atoms with Crippen LogP contribution in [0.3, 0.4) is 0 Å². The lowest BCUT2D eigenvalue weighted by Crippen LogP contribution is -2.32. The minimum absolute atomic E-state index is 0.128. The SMILES string of the molecule is CCNC(CC(C)(C)OC)c1cncc(C)c1. The first-order valence-corrected chi connectivity index (χ1v) is 6.18. The van der Waals surface area contributed by atoms with Crippen molar-refractivity contribution in [1.82, 2.24) is 10.3 Å². The van der Waals surface area contributed by atoms with E-state index in [1.54, 1.807) is 7.11 Å². The number of nitrogens with zero attached hydrogens (tertiary/aromatic N) is 1. The number of methoxy groups -OCH3 is 1. The van der Waals surface area contributed by atoms with Crippen LogP contribution >= 0.6 is 0 Å². The maximum Gasteiger partial charge on any atom is 0.0640 e. The first-order valence-electron chi connectivity index (χ1n) is 6.18. The van der Waals surface area contributed by atoms with Gasteiger partial charge in [0.15, 0.2) is 0 Å². The van der Waals surface area contributed by atoms with Gasteiger partial charge in [-0.15, -0.1) is 0 Å². The molecule has 1 aromatic heterocycles. The van der Waals surface area contributed by atoms with Crippen molar-refractivity contribution in [2.45, 2.75) is 45.8 Å². The number of ether oxygens (including phenoxy) is 1. The van der Waals surface area contributed by atoms with Gasteiger partial charge in [-0.3, -0.25) is 4.98 Å². The lowest BCUT2D eigenvalue weighted by atomic mass is 9.94. The number of pyridine rings is 1. The predicted molar refractivity (Wildman–Crippen MR) is 71.1 cm³/mol.